The van der Waals surface area contributed by atoms with Gasteiger partial charge in [-0.3, -0.25) is 4.79 Å². The Morgan fingerprint density at radius 1 is 1.45 bits per heavy atom. The van der Waals surface area contributed by atoms with Crippen molar-refractivity contribution in [2.75, 3.05) is 0 Å². The maximum atomic E-state index is 10.7. The van der Waals surface area contributed by atoms with E-state index in [9.17, 15) is 4.79 Å². The fourth-order valence-electron chi connectivity index (χ4n) is 1.67. The number of carboxylic acids is 1. The first-order valence-electron chi connectivity index (χ1n) is 5.77. The maximum Gasteiger partial charge on any atom is 0.320 e. The van der Waals surface area contributed by atoms with Gasteiger partial charge in [0.25, 0.3) is 0 Å². The number of carboxylic acid groups (broad SMARTS) is 1. The number of carbonyl (C=O) groups is 1. The number of halogens is 2. The molecule has 20 heavy (non-hydrogen) atoms. The number of rotatable bonds is 5. The molecule has 1 unspecified atom stereocenters. The van der Waals surface area contributed by atoms with Gasteiger partial charge in [0.2, 0.25) is 0 Å². The van der Waals surface area contributed by atoms with Gasteiger partial charge < -0.3 is 10.8 Å². The van der Waals surface area contributed by atoms with Gasteiger partial charge in [0.15, 0.2) is 0 Å². The van der Waals surface area contributed by atoms with Crippen molar-refractivity contribution in [1.82, 2.24) is 15.0 Å². The molecule has 0 aliphatic carbocycles. The van der Waals surface area contributed by atoms with Gasteiger partial charge in [0.05, 0.1) is 22.3 Å². The molecule has 2 aromatic rings. The topological polar surface area (TPSA) is 94.0 Å². The highest BCUT2D eigenvalue weighted by Gasteiger charge is 2.14. The molecule has 0 radical (unpaired) electrons. The van der Waals surface area contributed by atoms with Crippen molar-refractivity contribution >= 4 is 29.2 Å². The van der Waals surface area contributed by atoms with Crippen LogP contribution in [0.2, 0.25) is 10.0 Å². The molecule has 0 saturated carbocycles. The number of aliphatic carboxylic acids is 1. The largest absolute Gasteiger partial charge is 0.480 e. The van der Waals surface area contributed by atoms with Gasteiger partial charge in [-0.25, -0.2) is 4.68 Å². The summed E-state index contributed by atoms with van der Waals surface area (Å²) in [5, 5.41) is 17.5. The first-order chi connectivity index (χ1) is 9.47. The summed E-state index contributed by atoms with van der Waals surface area (Å²) in [6.45, 7) is 0.398. The Kier molecular flexibility index (Phi) is 4.59. The lowest BCUT2D eigenvalue weighted by atomic mass is 10.2. The molecule has 0 fully saturated rings. The Morgan fingerprint density at radius 2 is 2.20 bits per heavy atom. The zero-order chi connectivity index (χ0) is 14.7. The molecule has 0 spiro atoms. The van der Waals surface area contributed by atoms with Crippen molar-refractivity contribution in [2.45, 2.75) is 19.0 Å². The van der Waals surface area contributed by atoms with E-state index >= 15 is 0 Å². The highest BCUT2D eigenvalue weighted by molar-refractivity contribution is 6.42. The normalized spacial score (nSPS) is 12.3. The van der Waals surface area contributed by atoms with E-state index in [1.54, 1.807) is 23.0 Å². The molecule has 0 amide bonds. The highest BCUT2D eigenvalue weighted by Crippen LogP contribution is 2.25. The Bertz CT molecular complexity index is 630. The summed E-state index contributed by atoms with van der Waals surface area (Å²) in [6, 6.07) is 4.33. The van der Waals surface area contributed by atoms with E-state index in [0.717, 1.165) is 5.56 Å². The van der Waals surface area contributed by atoms with Crippen LogP contribution >= 0.6 is 23.2 Å². The smallest absolute Gasteiger partial charge is 0.320 e. The maximum absolute atomic E-state index is 10.7. The number of hydrogen-bond acceptors (Lipinski definition) is 4. The monoisotopic (exact) mass is 314 g/mol. The van der Waals surface area contributed by atoms with Gasteiger partial charge in [0, 0.05) is 12.6 Å². The van der Waals surface area contributed by atoms with E-state index in [1.165, 1.54) is 0 Å². The fraction of sp³-hybridized carbons (Fsp3) is 0.250. The molecule has 6 nitrogen and oxygen atoms in total. The van der Waals surface area contributed by atoms with Gasteiger partial charge in [0.1, 0.15) is 6.04 Å². The van der Waals surface area contributed by atoms with Gasteiger partial charge >= 0.3 is 5.97 Å². The third-order valence-corrected chi connectivity index (χ3v) is 3.55. The van der Waals surface area contributed by atoms with Crippen LogP contribution in [-0.4, -0.2) is 32.1 Å². The second-order valence-corrected chi connectivity index (χ2v) is 5.05. The minimum absolute atomic E-state index is 0.124. The van der Waals surface area contributed by atoms with E-state index in [-0.39, 0.29) is 6.42 Å². The Labute approximate surface area is 125 Å². The van der Waals surface area contributed by atoms with Gasteiger partial charge in [-0.05, 0) is 11.6 Å². The summed E-state index contributed by atoms with van der Waals surface area (Å²) >= 11 is 12.0. The third kappa shape index (κ3) is 3.47. The Morgan fingerprint density at radius 3 is 2.90 bits per heavy atom. The number of nitrogens with two attached hydrogens (primary N) is 1. The average molecular weight is 315 g/mol. The van der Waals surface area contributed by atoms with E-state index in [2.05, 4.69) is 10.3 Å². The second kappa shape index (κ2) is 6.21. The molecule has 3 N–H and O–H groups in total. The molecule has 8 heteroatoms. The summed E-state index contributed by atoms with van der Waals surface area (Å²) in [4.78, 5) is 10.7. The second-order valence-electron chi connectivity index (χ2n) is 4.27. The lowest BCUT2D eigenvalue weighted by Crippen LogP contribution is -2.32. The van der Waals surface area contributed by atoms with Crippen LogP contribution in [0, 0.1) is 0 Å². The third-order valence-electron chi connectivity index (χ3n) is 2.70. The van der Waals surface area contributed by atoms with Crippen molar-refractivity contribution in [3.63, 3.8) is 0 Å². The SMILES string of the molecule is NC(Cc1cn(Cc2cccc(Cl)c2Cl)nn1)C(=O)O. The van der Waals surface area contributed by atoms with E-state index in [4.69, 9.17) is 34.0 Å². The number of aromatic nitrogens is 3. The average Bonchev–Trinajstić information content (AvgIpc) is 2.82. The van der Waals surface area contributed by atoms with Crippen molar-refractivity contribution in [3.8, 4) is 0 Å². The van der Waals surface area contributed by atoms with Crippen LogP contribution in [0.25, 0.3) is 0 Å². The zero-order valence-corrected chi connectivity index (χ0v) is 11.8. The molecule has 1 aromatic heterocycles. The number of hydrogen-bond donors (Lipinski definition) is 2. The van der Waals surface area contributed by atoms with Crippen LogP contribution in [0.1, 0.15) is 11.3 Å². The lowest BCUT2D eigenvalue weighted by molar-refractivity contribution is -0.138. The highest BCUT2D eigenvalue weighted by atomic mass is 35.5. The van der Waals surface area contributed by atoms with Gasteiger partial charge in [-0.2, -0.15) is 0 Å². The predicted molar refractivity (Wildman–Crippen MR) is 74.9 cm³/mol. The minimum atomic E-state index is -1.07. The summed E-state index contributed by atoms with van der Waals surface area (Å²) in [7, 11) is 0. The van der Waals surface area contributed by atoms with Crippen molar-refractivity contribution in [1.29, 1.82) is 0 Å². The molecule has 0 aliphatic heterocycles. The summed E-state index contributed by atoms with van der Waals surface area (Å²) in [5.74, 6) is -1.07. The molecule has 0 aliphatic rings. The van der Waals surface area contributed by atoms with Crippen molar-refractivity contribution in [2.24, 2.45) is 5.73 Å². The van der Waals surface area contributed by atoms with E-state index in [0.29, 0.717) is 22.3 Å². The number of benzene rings is 1. The molecule has 106 valence electrons. The van der Waals surface area contributed by atoms with Crippen LogP contribution in [0.3, 0.4) is 0 Å². The van der Waals surface area contributed by atoms with Crippen molar-refractivity contribution in [3.05, 3.63) is 45.7 Å². The van der Waals surface area contributed by atoms with Gasteiger partial charge in [-0.1, -0.05) is 40.5 Å². The standard InChI is InChI=1S/C12H12Cl2N4O2/c13-9-3-1-2-7(11(9)14)5-18-6-8(16-17-18)4-10(15)12(19)20/h1-3,6,10H,4-5,15H2,(H,19,20). The first kappa shape index (κ1) is 14.8. The quantitative estimate of drug-likeness (QED) is 0.874. The molecule has 0 saturated heterocycles. The van der Waals surface area contributed by atoms with E-state index in [1.807, 2.05) is 6.07 Å². The predicted octanol–water partition coefficient (Wildman–Crippen LogP) is 1.59. The molecular formula is C12H12Cl2N4O2. The zero-order valence-electron chi connectivity index (χ0n) is 10.3. The van der Waals surface area contributed by atoms with Crippen LogP contribution in [-0.2, 0) is 17.8 Å². The van der Waals surface area contributed by atoms with Crippen LogP contribution in [0.4, 0.5) is 0 Å². The Balaban J connectivity index is 2.10. The lowest BCUT2D eigenvalue weighted by Gasteiger charge is -2.05. The molecule has 1 atom stereocenters. The first-order valence-corrected chi connectivity index (χ1v) is 6.53. The number of nitrogens with zero attached hydrogens (tertiary/aromatic N) is 3. The molecular weight excluding hydrogens is 303 g/mol. The fourth-order valence-corrected chi connectivity index (χ4v) is 2.05. The van der Waals surface area contributed by atoms with Gasteiger partial charge in [-0.15, -0.1) is 5.10 Å². The summed E-state index contributed by atoms with van der Waals surface area (Å²) in [6.07, 6.45) is 1.76. The molecule has 2 rings (SSSR count). The van der Waals surface area contributed by atoms with Crippen LogP contribution in [0.5, 0.6) is 0 Å². The van der Waals surface area contributed by atoms with E-state index < -0.39 is 12.0 Å². The van der Waals surface area contributed by atoms with Crippen LogP contribution < -0.4 is 5.73 Å². The van der Waals surface area contributed by atoms with Crippen molar-refractivity contribution < 1.29 is 9.90 Å². The molecule has 0 bridgehead atoms. The van der Waals surface area contributed by atoms with Crippen LogP contribution in [0.15, 0.2) is 24.4 Å². The summed E-state index contributed by atoms with van der Waals surface area (Å²) in [5.41, 5.74) is 6.76. The summed E-state index contributed by atoms with van der Waals surface area (Å²) < 4.78 is 1.56. The Hall–Kier alpha value is -1.63. The molecule has 1 heterocycles. The minimum Gasteiger partial charge on any atom is -0.480 e. The molecule has 1 aromatic carbocycles.